The molecule has 182 valence electrons. The van der Waals surface area contributed by atoms with Crippen LogP contribution in [0.2, 0.25) is 0 Å². The van der Waals surface area contributed by atoms with Crippen molar-refractivity contribution < 1.29 is 23.9 Å². The van der Waals surface area contributed by atoms with Gasteiger partial charge in [0.15, 0.2) is 0 Å². The van der Waals surface area contributed by atoms with Crippen LogP contribution in [-0.4, -0.2) is 41.7 Å². The maximum Gasteiger partial charge on any atom is 0.338 e. The van der Waals surface area contributed by atoms with Crippen LogP contribution < -0.4 is 4.90 Å². The number of imide groups is 1. The van der Waals surface area contributed by atoms with Crippen molar-refractivity contribution in [2.75, 3.05) is 18.0 Å². The number of ether oxygens (including phenoxy) is 1. The third-order valence-corrected chi connectivity index (χ3v) is 6.69. The standard InChI is InChI=1S/C29H26N2O5/c1-18-5-6-19(2)25(15-18)31-27(33)23-12-11-22(16-24(23)28(31)34)29(35)36-17-20-7-9-21(10-8-20)26(32)30-13-3-4-14-30/h5-12,15-16H,3-4,13-14,17H2,1-2H3. The second-order valence-electron chi connectivity index (χ2n) is 9.27. The number of aryl methyl sites for hydroxylation is 2. The highest BCUT2D eigenvalue weighted by atomic mass is 16.5. The fraction of sp³-hybridized carbons (Fsp3) is 0.241. The van der Waals surface area contributed by atoms with E-state index in [1.807, 2.05) is 30.9 Å². The first-order chi connectivity index (χ1) is 17.3. The first-order valence-electron chi connectivity index (χ1n) is 12.0. The lowest BCUT2D eigenvalue weighted by Gasteiger charge is -2.17. The Morgan fingerprint density at radius 1 is 0.806 bits per heavy atom. The largest absolute Gasteiger partial charge is 0.457 e. The van der Waals surface area contributed by atoms with Crippen LogP contribution in [-0.2, 0) is 11.3 Å². The molecule has 0 saturated carbocycles. The summed E-state index contributed by atoms with van der Waals surface area (Å²) in [6, 6.07) is 17.0. The molecule has 3 aromatic rings. The van der Waals surface area contributed by atoms with Gasteiger partial charge in [0, 0.05) is 18.7 Å². The van der Waals surface area contributed by atoms with Gasteiger partial charge in [0.05, 0.1) is 22.4 Å². The van der Waals surface area contributed by atoms with E-state index < -0.39 is 17.8 Å². The van der Waals surface area contributed by atoms with E-state index in [-0.39, 0.29) is 29.2 Å². The monoisotopic (exact) mass is 482 g/mol. The number of carbonyl (C=O) groups is 4. The topological polar surface area (TPSA) is 84.0 Å². The van der Waals surface area contributed by atoms with Crippen molar-refractivity contribution in [2.45, 2.75) is 33.3 Å². The Morgan fingerprint density at radius 3 is 2.19 bits per heavy atom. The van der Waals surface area contributed by atoms with Gasteiger partial charge >= 0.3 is 5.97 Å². The van der Waals surface area contributed by atoms with Gasteiger partial charge in [0.1, 0.15) is 6.61 Å². The van der Waals surface area contributed by atoms with Crippen LogP contribution >= 0.6 is 0 Å². The minimum atomic E-state index is -0.597. The number of nitrogens with zero attached hydrogens (tertiary/aromatic N) is 2. The van der Waals surface area contributed by atoms with E-state index in [1.165, 1.54) is 18.2 Å². The molecule has 0 aliphatic carbocycles. The SMILES string of the molecule is Cc1ccc(C)c(N2C(=O)c3ccc(C(=O)OCc4ccc(C(=O)N5CCCC5)cc4)cc3C2=O)c1. The molecule has 2 aliphatic rings. The van der Waals surface area contributed by atoms with E-state index >= 15 is 0 Å². The summed E-state index contributed by atoms with van der Waals surface area (Å²) in [6.07, 6.45) is 2.07. The molecule has 1 saturated heterocycles. The summed E-state index contributed by atoms with van der Waals surface area (Å²) < 4.78 is 5.44. The zero-order chi connectivity index (χ0) is 25.4. The lowest BCUT2D eigenvalue weighted by Crippen LogP contribution is -2.30. The van der Waals surface area contributed by atoms with Crippen molar-refractivity contribution in [3.8, 4) is 0 Å². The van der Waals surface area contributed by atoms with Crippen molar-refractivity contribution in [1.82, 2.24) is 4.90 Å². The molecule has 3 amide bonds. The van der Waals surface area contributed by atoms with E-state index in [9.17, 15) is 19.2 Å². The molecular weight excluding hydrogens is 456 g/mol. The summed E-state index contributed by atoms with van der Waals surface area (Å²) in [5.41, 5.74) is 4.27. The minimum absolute atomic E-state index is 0.0169. The molecule has 7 heteroatoms. The lowest BCUT2D eigenvalue weighted by molar-refractivity contribution is 0.0472. The summed E-state index contributed by atoms with van der Waals surface area (Å²) in [6.45, 7) is 5.34. The molecule has 0 aromatic heterocycles. The zero-order valence-corrected chi connectivity index (χ0v) is 20.2. The number of hydrogen-bond donors (Lipinski definition) is 0. The summed E-state index contributed by atoms with van der Waals surface area (Å²) >= 11 is 0. The molecule has 0 N–H and O–H groups in total. The number of rotatable bonds is 5. The fourth-order valence-electron chi connectivity index (χ4n) is 4.63. The van der Waals surface area contributed by atoms with Gasteiger partial charge < -0.3 is 9.64 Å². The van der Waals surface area contributed by atoms with E-state index in [4.69, 9.17) is 4.74 Å². The fourth-order valence-corrected chi connectivity index (χ4v) is 4.63. The molecule has 2 aliphatic heterocycles. The van der Waals surface area contributed by atoms with Gasteiger partial charge in [-0.05, 0) is 79.8 Å². The second kappa shape index (κ2) is 9.41. The number of anilines is 1. The Kier molecular flexibility index (Phi) is 6.14. The van der Waals surface area contributed by atoms with E-state index in [2.05, 4.69) is 0 Å². The van der Waals surface area contributed by atoms with Crippen LogP contribution in [0.15, 0.2) is 60.7 Å². The number of hydrogen-bond acceptors (Lipinski definition) is 5. The van der Waals surface area contributed by atoms with Gasteiger partial charge in [-0.1, -0.05) is 24.3 Å². The van der Waals surface area contributed by atoms with Crippen molar-refractivity contribution in [3.63, 3.8) is 0 Å². The number of amides is 3. The Labute approximate surface area is 209 Å². The summed E-state index contributed by atoms with van der Waals surface area (Å²) in [5, 5.41) is 0. The van der Waals surface area contributed by atoms with E-state index in [1.54, 1.807) is 30.3 Å². The number of benzene rings is 3. The molecule has 0 unspecified atom stereocenters. The Hall–Kier alpha value is -4.26. The summed E-state index contributed by atoms with van der Waals surface area (Å²) in [7, 11) is 0. The molecule has 2 heterocycles. The maximum absolute atomic E-state index is 13.1. The third kappa shape index (κ3) is 4.28. The summed E-state index contributed by atoms with van der Waals surface area (Å²) in [4.78, 5) is 54.3. The molecule has 0 radical (unpaired) electrons. The molecule has 36 heavy (non-hydrogen) atoms. The number of likely N-dealkylation sites (tertiary alicyclic amines) is 1. The van der Waals surface area contributed by atoms with Gasteiger partial charge in [-0.3, -0.25) is 14.4 Å². The molecule has 1 fully saturated rings. The van der Waals surface area contributed by atoms with Gasteiger partial charge in [-0.15, -0.1) is 0 Å². The van der Waals surface area contributed by atoms with Gasteiger partial charge in [-0.2, -0.15) is 0 Å². The Balaban J connectivity index is 1.27. The smallest absolute Gasteiger partial charge is 0.338 e. The predicted molar refractivity (Wildman–Crippen MR) is 134 cm³/mol. The zero-order valence-electron chi connectivity index (χ0n) is 20.2. The molecule has 0 spiro atoms. The number of carbonyl (C=O) groups excluding carboxylic acids is 4. The summed E-state index contributed by atoms with van der Waals surface area (Å²) in [5.74, 6) is -1.45. The Morgan fingerprint density at radius 2 is 1.47 bits per heavy atom. The average molecular weight is 483 g/mol. The molecule has 5 rings (SSSR count). The molecular formula is C29H26N2O5. The third-order valence-electron chi connectivity index (χ3n) is 6.69. The molecule has 0 bridgehead atoms. The molecule has 3 aromatic carbocycles. The van der Waals surface area contributed by atoms with Crippen LogP contribution in [0.5, 0.6) is 0 Å². The maximum atomic E-state index is 13.1. The lowest BCUT2D eigenvalue weighted by atomic mass is 10.1. The van der Waals surface area contributed by atoms with Crippen LogP contribution in [0.1, 0.15) is 71.0 Å². The Bertz CT molecular complexity index is 1390. The van der Waals surface area contributed by atoms with Gasteiger partial charge in [0.25, 0.3) is 17.7 Å². The van der Waals surface area contributed by atoms with Crippen molar-refractivity contribution in [1.29, 1.82) is 0 Å². The quantitative estimate of drug-likeness (QED) is 0.389. The minimum Gasteiger partial charge on any atom is -0.457 e. The van der Waals surface area contributed by atoms with E-state index in [0.717, 1.165) is 47.5 Å². The van der Waals surface area contributed by atoms with Crippen LogP contribution in [0.3, 0.4) is 0 Å². The first-order valence-corrected chi connectivity index (χ1v) is 12.0. The van der Waals surface area contributed by atoms with Gasteiger partial charge in [-0.25, -0.2) is 9.69 Å². The van der Waals surface area contributed by atoms with Crippen LogP contribution in [0.4, 0.5) is 5.69 Å². The van der Waals surface area contributed by atoms with Gasteiger partial charge in [0.2, 0.25) is 0 Å². The van der Waals surface area contributed by atoms with Crippen molar-refractivity contribution in [3.05, 3.63) is 99.6 Å². The number of esters is 1. The predicted octanol–water partition coefficient (Wildman–Crippen LogP) is 4.70. The van der Waals surface area contributed by atoms with Crippen molar-refractivity contribution >= 4 is 29.4 Å². The highest BCUT2D eigenvalue weighted by Crippen LogP contribution is 2.32. The highest BCUT2D eigenvalue weighted by Gasteiger charge is 2.38. The van der Waals surface area contributed by atoms with Crippen molar-refractivity contribution in [2.24, 2.45) is 0 Å². The second-order valence-corrected chi connectivity index (χ2v) is 9.27. The average Bonchev–Trinajstić information content (AvgIpc) is 3.51. The molecule has 7 nitrogen and oxygen atoms in total. The number of fused-ring (bicyclic) bond motifs is 1. The molecule has 0 atom stereocenters. The van der Waals surface area contributed by atoms with Crippen LogP contribution in [0, 0.1) is 13.8 Å². The highest BCUT2D eigenvalue weighted by molar-refractivity contribution is 6.35. The first kappa shape index (κ1) is 23.5. The van der Waals surface area contributed by atoms with E-state index in [0.29, 0.717) is 11.3 Å². The normalized spacial score (nSPS) is 14.8. The van der Waals surface area contributed by atoms with Crippen LogP contribution in [0.25, 0.3) is 0 Å².